The predicted molar refractivity (Wildman–Crippen MR) is 75.0 cm³/mol. The molecule has 1 nitrogen and oxygen atoms in total. The summed E-state index contributed by atoms with van der Waals surface area (Å²) in [5, 5.41) is 9.87. The Morgan fingerprint density at radius 3 is 1.33 bits per heavy atom. The average molecular weight is 238 g/mol. The molecule has 0 amide bonds. The van der Waals surface area contributed by atoms with Gasteiger partial charge in [0.2, 0.25) is 0 Å². The third-order valence-corrected chi connectivity index (χ3v) is 1.94. The quantitative estimate of drug-likeness (QED) is 0.699. The highest BCUT2D eigenvalue weighted by Crippen LogP contribution is 2.02. The van der Waals surface area contributed by atoms with Gasteiger partial charge < -0.3 is 5.11 Å². The first-order chi connectivity index (χ1) is 6.79. The maximum absolute atomic E-state index is 8.63. The van der Waals surface area contributed by atoms with Crippen LogP contribution in [0.1, 0.15) is 0 Å². The Morgan fingerprint density at radius 2 is 1.13 bits per heavy atom. The standard InChI is InChI=1S/C6H6O.C6H7P.H3P/c2*7-6-4-2-1-3-5-6;/h1-5,7H;1-5H,7H2;1H3. The smallest absolute Gasteiger partial charge is 0.115 e. The molecule has 2 aromatic carbocycles. The van der Waals surface area contributed by atoms with Crippen LogP contribution in [0.2, 0.25) is 0 Å². The molecule has 0 saturated heterocycles. The molecule has 15 heavy (non-hydrogen) atoms. The SMILES string of the molecule is Oc1ccccc1.P.Pc1ccccc1. The number of benzene rings is 2. The van der Waals surface area contributed by atoms with E-state index in [2.05, 4.69) is 9.24 Å². The summed E-state index contributed by atoms with van der Waals surface area (Å²) in [6, 6.07) is 18.8. The fraction of sp³-hybridized carbons (Fsp3) is 0. The van der Waals surface area contributed by atoms with Gasteiger partial charge >= 0.3 is 0 Å². The zero-order valence-corrected chi connectivity index (χ0v) is 11.1. The van der Waals surface area contributed by atoms with E-state index in [1.807, 2.05) is 36.4 Å². The molecule has 2 aromatic rings. The molecule has 0 aliphatic heterocycles. The van der Waals surface area contributed by atoms with Crippen LogP contribution in [0.4, 0.5) is 0 Å². The van der Waals surface area contributed by atoms with Crippen molar-refractivity contribution in [3.63, 3.8) is 0 Å². The molecule has 0 saturated carbocycles. The van der Waals surface area contributed by atoms with Gasteiger partial charge in [-0.05, 0) is 17.4 Å². The molecule has 0 aliphatic rings. The third-order valence-electron chi connectivity index (χ3n) is 1.56. The first kappa shape index (κ1) is 14.1. The number of rotatable bonds is 0. The van der Waals surface area contributed by atoms with Gasteiger partial charge in [-0.3, -0.25) is 0 Å². The van der Waals surface area contributed by atoms with Gasteiger partial charge in [0.1, 0.15) is 5.75 Å². The van der Waals surface area contributed by atoms with Crippen molar-refractivity contribution in [3.05, 3.63) is 60.7 Å². The van der Waals surface area contributed by atoms with Gasteiger partial charge in [-0.1, -0.05) is 48.5 Å². The fourth-order valence-electron chi connectivity index (χ4n) is 0.881. The molecular formula is C12H16OP2. The minimum Gasteiger partial charge on any atom is -0.508 e. The fourth-order valence-corrected chi connectivity index (χ4v) is 1.10. The Kier molecular flexibility index (Phi) is 7.91. The lowest BCUT2D eigenvalue weighted by Crippen LogP contribution is -1.82. The maximum Gasteiger partial charge on any atom is 0.115 e. The van der Waals surface area contributed by atoms with Gasteiger partial charge in [0.25, 0.3) is 0 Å². The van der Waals surface area contributed by atoms with Gasteiger partial charge in [-0.15, -0.1) is 9.24 Å². The van der Waals surface area contributed by atoms with Crippen molar-refractivity contribution in [2.75, 3.05) is 0 Å². The molecule has 0 bridgehead atoms. The third kappa shape index (κ3) is 7.08. The van der Waals surface area contributed by atoms with Crippen LogP contribution in [-0.4, -0.2) is 5.11 Å². The van der Waals surface area contributed by atoms with E-state index in [1.165, 1.54) is 5.30 Å². The lowest BCUT2D eigenvalue weighted by Gasteiger charge is -1.82. The summed E-state index contributed by atoms with van der Waals surface area (Å²) in [5.74, 6) is 0.322. The molecule has 2 rings (SSSR count). The van der Waals surface area contributed by atoms with Gasteiger partial charge in [-0.25, -0.2) is 0 Å². The summed E-state index contributed by atoms with van der Waals surface area (Å²) in [6.45, 7) is 0. The maximum atomic E-state index is 8.63. The Bertz CT molecular complexity index is 311. The van der Waals surface area contributed by atoms with E-state index in [4.69, 9.17) is 5.11 Å². The van der Waals surface area contributed by atoms with Crippen LogP contribution >= 0.6 is 19.1 Å². The molecule has 0 heterocycles. The monoisotopic (exact) mass is 238 g/mol. The second kappa shape index (κ2) is 8.41. The van der Waals surface area contributed by atoms with Crippen molar-refractivity contribution in [1.82, 2.24) is 0 Å². The van der Waals surface area contributed by atoms with Crippen LogP contribution in [0.3, 0.4) is 0 Å². The molecule has 0 aliphatic carbocycles. The van der Waals surface area contributed by atoms with E-state index in [1.54, 1.807) is 24.3 Å². The van der Waals surface area contributed by atoms with Crippen LogP contribution < -0.4 is 5.30 Å². The van der Waals surface area contributed by atoms with E-state index in [9.17, 15) is 0 Å². The Labute approximate surface area is 96.4 Å². The van der Waals surface area contributed by atoms with Crippen molar-refractivity contribution in [3.8, 4) is 5.75 Å². The van der Waals surface area contributed by atoms with Crippen LogP contribution in [0.25, 0.3) is 0 Å². The normalized spacial score (nSPS) is 8.07. The van der Waals surface area contributed by atoms with E-state index in [0.29, 0.717) is 5.75 Å². The van der Waals surface area contributed by atoms with Crippen molar-refractivity contribution in [1.29, 1.82) is 0 Å². The summed E-state index contributed by atoms with van der Waals surface area (Å²) < 4.78 is 0. The molecule has 0 spiro atoms. The molecule has 0 fully saturated rings. The van der Waals surface area contributed by atoms with Crippen molar-refractivity contribution >= 4 is 24.4 Å². The summed E-state index contributed by atoms with van der Waals surface area (Å²) >= 11 is 0. The van der Waals surface area contributed by atoms with Gasteiger partial charge in [-0.2, -0.15) is 9.90 Å². The van der Waals surface area contributed by atoms with Crippen LogP contribution in [0.5, 0.6) is 5.75 Å². The highest BCUT2D eigenvalue weighted by Gasteiger charge is 1.74. The first-order valence-corrected chi connectivity index (χ1v) is 4.91. The second-order valence-corrected chi connectivity index (χ2v) is 3.41. The molecule has 0 aromatic heterocycles. The highest BCUT2D eigenvalue weighted by molar-refractivity contribution is 7.27. The first-order valence-electron chi connectivity index (χ1n) is 4.33. The predicted octanol–water partition coefficient (Wildman–Crippen LogP) is 2.64. The number of aromatic hydroxyl groups is 1. The van der Waals surface area contributed by atoms with Crippen LogP contribution in [0, 0.1) is 0 Å². The number of phenols is 1. The summed E-state index contributed by atoms with van der Waals surface area (Å²) in [4.78, 5) is 0. The largest absolute Gasteiger partial charge is 0.508 e. The van der Waals surface area contributed by atoms with Crippen molar-refractivity contribution in [2.45, 2.75) is 0 Å². The van der Waals surface area contributed by atoms with Gasteiger partial charge in [0.15, 0.2) is 0 Å². The Morgan fingerprint density at radius 1 is 0.733 bits per heavy atom. The van der Waals surface area contributed by atoms with Crippen molar-refractivity contribution in [2.24, 2.45) is 0 Å². The number of hydrogen-bond donors (Lipinski definition) is 1. The minimum absolute atomic E-state index is 0. The summed E-state index contributed by atoms with van der Waals surface area (Å²) in [5.41, 5.74) is 0. The molecule has 1 N–H and O–H groups in total. The number of para-hydroxylation sites is 1. The van der Waals surface area contributed by atoms with Gasteiger partial charge in [0.05, 0.1) is 0 Å². The van der Waals surface area contributed by atoms with Crippen LogP contribution in [0.15, 0.2) is 60.7 Å². The molecule has 3 heteroatoms. The van der Waals surface area contributed by atoms with Gasteiger partial charge in [0, 0.05) is 0 Å². The van der Waals surface area contributed by atoms with E-state index in [0.717, 1.165) is 0 Å². The molecule has 80 valence electrons. The van der Waals surface area contributed by atoms with E-state index < -0.39 is 0 Å². The summed E-state index contributed by atoms with van der Waals surface area (Å²) in [6.07, 6.45) is 0. The number of hydrogen-bond acceptors (Lipinski definition) is 1. The highest BCUT2D eigenvalue weighted by atomic mass is 31.0. The lowest BCUT2D eigenvalue weighted by molar-refractivity contribution is 0.475. The Balaban J connectivity index is 0.000000245. The molecule has 0 radical (unpaired) electrons. The topological polar surface area (TPSA) is 20.2 Å². The second-order valence-electron chi connectivity index (χ2n) is 2.75. The van der Waals surface area contributed by atoms with Crippen LogP contribution in [-0.2, 0) is 0 Å². The minimum atomic E-state index is 0. The average Bonchev–Trinajstić information content (AvgIpc) is 2.21. The van der Waals surface area contributed by atoms with Crippen molar-refractivity contribution < 1.29 is 5.11 Å². The molecule has 2 unspecified atom stereocenters. The zero-order valence-electron chi connectivity index (χ0n) is 8.51. The summed E-state index contributed by atoms with van der Waals surface area (Å²) in [7, 11) is 2.63. The van der Waals surface area contributed by atoms with E-state index in [-0.39, 0.29) is 9.90 Å². The Hall–Kier alpha value is -0.900. The molecule has 2 atom stereocenters. The zero-order chi connectivity index (χ0) is 10.2. The molecular weight excluding hydrogens is 222 g/mol. The van der Waals surface area contributed by atoms with E-state index >= 15 is 0 Å². The number of phenolic OH excluding ortho intramolecular Hbond substituents is 1. The lowest BCUT2D eigenvalue weighted by atomic mass is 10.3.